The number of hydrogen-bond acceptors (Lipinski definition) is 3. The maximum Gasteiger partial charge on any atom is 0.134 e. The molecule has 0 saturated carbocycles. The number of hydrogen-bond donors (Lipinski definition) is 1. The molecule has 0 amide bonds. The molecule has 3 nitrogen and oxygen atoms in total. The fraction of sp³-hybridized carbons (Fsp3) is 0.154. The molecule has 16 heavy (non-hydrogen) atoms. The molecule has 0 fully saturated rings. The van der Waals surface area contributed by atoms with E-state index in [4.69, 9.17) is 5.73 Å². The fourth-order valence-corrected chi connectivity index (χ4v) is 1.67. The van der Waals surface area contributed by atoms with Crippen LogP contribution in [0.3, 0.4) is 0 Å². The quantitative estimate of drug-likeness (QED) is 0.852. The van der Waals surface area contributed by atoms with Gasteiger partial charge >= 0.3 is 0 Å². The Kier molecular flexibility index (Phi) is 3.05. The van der Waals surface area contributed by atoms with Crippen molar-refractivity contribution in [2.75, 3.05) is 17.2 Å². The standard InChI is InChI=1S/C13H15N3/c1-2-16(12-6-4-3-5-7-12)13-10-11(14)8-9-15-13/h3-10H,2H2,1H3,(H2,14,15). The van der Waals surface area contributed by atoms with Gasteiger partial charge in [0.2, 0.25) is 0 Å². The van der Waals surface area contributed by atoms with Crippen molar-refractivity contribution in [2.45, 2.75) is 6.92 Å². The van der Waals surface area contributed by atoms with Crippen molar-refractivity contribution in [1.82, 2.24) is 4.98 Å². The van der Waals surface area contributed by atoms with E-state index in [2.05, 4.69) is 28.9 Å². The Morgan fingerprint density at radius 1 is 1.19 bits per heavy atom. The Labute approximate surface area is 95.5 Å². The summed E-state index contributed by atoms with van der Waals surface area (Å²) in [6, 6.07) is 13.8. The summed E-state index contributed by atoms with van der Waals surface area (Å²) < 4.78 is 0. The van der Waals surface area contributed by atoms with Crippen molar-refractivity contribution < 1.29 is 0 Å². The van der Waals surface area contributed by atoms with Crippen LogP contribution < -0.4 is 10.6 Å². The summed E-state index contributed by atoms with van der Waals surface area (Å²) >= 11 is 0. The molecule has 82 valence electrons. The lowest BCUT2D eigenvalue weighted by Gasteiger charge is -2.22. The number of pyridine rings is 1. The monoisotopic (exact) mass is 213 g/mol. The third kappa shape index (κ3) is 2.14. The number of rotatable bonds is 3. The van der Waals surface area contributed by atoms with Crippen LogP contribution in [0.4, 0.5) is 17.2 Å². The first-order valence-electron chi connectivity index (χ1n) is 5.35. The van der Waals surface area contributed by atoms with Gasteiger partial charge in [-0.1, -0.05) is 18.2 Å². The zero-order valence-electron chi connectivity index (χ0n) is 9.30. The fourth-order valence-electron chi connectivity index (χ4n) is 1.67. The molecule has 2 N–H and O–H groups in total. The zero-order valence-corrected chi connectivity index (χ0v) is 9.30. The third-order valence-electron chi connectivity index (χ3n) is 2.43. The van der Waals surface area contributed by atoms with E-state index in [-0.39, 0.29) is 0 Å². The van der Waals surface area contributed by atoms with Crippen LogP contribution in [0.25, 0.3) is 0 Å². The summed E-state index contributed by atoms with van der Waals surface area (Å²) in [5, 5.41) is 0. The van der Waals surface area contributed by atoms with Crippen molar-refractivity contribution in [3.63, 3.8) is 0 Å². The van der Waals surface area contributed by atoms with E-state index < -0.39 is 0 Å². The van der Waals surface area contributed by atoms with Crippen molar-refractivity contribution in [3.05, 3.63) is 48.7 Å². The van der Waals surface area contributed by atoms with Gasteiger partial charge in [-0.15, -0.1) is 0 Å². The number of aromatic nitrogens is 1. The van der Waals surface area contributed by atoms with Gasteiger partial charge in [-0.3, -0.25) is 0 Å². The molecule has 0 aliphatic carbocycles. The highest BCUT2D eigenvalue weighted by Crippen LogP contribution is 2.23. The molecule has 0 bridgehead atoms. The summed E-state index contributed by atoms with van der Waals surface area (Å²) in [6.07, 6.45) is 1.73. The zero-order chi connectivity index (χ0) is 11.4. The van der Waals surface area contributed by atoms with Gasteiger partial charge in [0.25, 0.3) is 0 Å². The minimum atomic E-state index is 0.736. The van der Waals surface area contributed by atoms with Gasteiger partial charge in [0.15, 0.2) is 0 Å². The van der Waals surface area contributed by atoms with Crippen LogP contribution in [0.2, 0.25) is 0 Å². The van der Waals surface area contributed by atoms with Crippen molar-refractivity contribution in [3.8, 4) is 0 Å². The maximum absolute atomic E-state index is 5.76. The molecule has 3 heteroatoms. The molecule has 0 atom stereocenters. The average Bonchev–Trinajstić information content (AvgIpc) is 2.31. The first-order chi connectivity index (χ1) is 7.81. The number of anilines is 3. The molecule has 0 spiro atoms. The predicted molar refractivity (Wildman–Crippen MR) is 67.8 cm³/mol. The van der Waals surface area contributed by atoms with Crippen LogP contribution in [0, 0.1) is 0 Å². The largest absolute Gasteiger partial charge is 0.399 e. The van der Waals surface area contributed by atoms with E-state index in [1.54, 1.807) is 12.3 Å². The molecular weight excluding hydrogens is 198 g/mol. The maximum atomic E-state index is 5.76. The minimum Gasteiger partial charge on any atom is -0.399 e. The second kappa shape index (κ2) is 4.66. The van der Waals surface area contributed by atoms with Gasteiger partial charge in [-0.25, -0.2) is 4.98 Å². The first kappa shape index (κ1) is 10.5. The number of nitrogens with zero attached hydrogens (tertiary/aromatic N) is 2. The highest BCUT2D eigenvalue weighted by atomic mass is 15.2. The molecule has 2 aromatic rings. The summed E-state index contributed by atoms with van der Waals surface area (Å²) in [7, 11) is 0. The topological polar surface area (TPSA) is 42.1 Å². The van der Waals surface area contributed by atoms with Gasteiger partial charge < -0.3 is 10.6 Å². The first-order valence-corrected chi connectivity index (χ1v) is 5.35. The van der Waals surface area contributed by atoms with Gasteiger partial charge in [-0.05, 0) is 25.1 Å². The molecule has 0 saturated heterocycles. The Hall–Kier alpha value is -2.03. The summed E-state index contributed by atoms with van der Waals surface area (Å²) in [4.78, 5) is 6.45. The van der Waals surface area contributed by atoms with Gasteiger partial charge in [0, 0.05) is 30.2 Å². The van der Waals surface area contributed by atoms with E-state index in [9.17, 15) is 0 Å². The van der Waals surface area contributed by atoms with Crippen LogP contribution >= 0.6 is 0 Å². The second-order valence-corrected chi connectivity index (χ2v) is 3.53. The van der Waals surface area contributed by atoms with Crippen LogP contribution in [-0.2, 0) is 0 Å². The average molecular weight is 213 g/mol. The lowest BCUT2D eigenvalue weighted by molar-refractivity contribution is 0.991. The highest BCUT2D eigenvalue weighted by Gasteiger charge is 2.07. The van der Waals surface area contributed by atoms with Gasteiger partial charge in [0.1, 0.15) is 5.82 Å². The normalized spacial score (nSPS) is 10.1. The minimum absolute atomic E-state index is 0.736. The SMILES string of the molecule is CCN(c1ccccc1)c1cc(N)ccn1. The van der Waals surface area contributed by atoms with E-state index in [0.29, 0.717) is 0 Å². The number of benzene rings is 1. The van der Waals surface area contributed by atoms with Gasteiger partial charge in [-0.2, -0.15) is 0 Å². The summed E-state index contributed by atoms with van der Waals surface area (Å²) in [5.41, 5.74) is 7.63. The Morgan fingerprint density at radius 3 is 2.56 bits per heavy atom. The molecule has 1 aromatic carbocycles. The van der Waals surface area contributed by atoms with Crippen LogP contribution in [0.5, 0.6) is 0 Å². The Morgan fingerprint density at radius 2 is 1.94 bits per heavy atom. The Balaban J connectivity index is 2.37. The highest BCUT2D eigenvalue weighted by molar-refractivity contribution is 5.62. The molecule has 1 heterocycles. The predicted octanol–water partition coefficient (Wildman–Crippen LogP) is 2.82. The van der Waals surface area contributed by atoms with Crippen molar-refractivity contribution >= 4 is 17.2 Å². The van der Waals surface area contributed by atoms with Crippen LogP contribution in [0.1, 0.15) is 6.92 Å². The molecule has 2 rings (SSSR count). The van der Waals surface area contributed by atoms with Gasteiger partial charge in [0.05, 0.1) is 0 Å². The van der Waals surface area contributed by atoms with Crippen LogP contribution in [0.15, 0.2) is 48.7 Å². The molecular formula is C13H15N3. The molecule has 0 aliphatic heterocycles. The molecule has 0 unspecified atom stereocenters. The smallest absolute Gasteiger partial charge is 0.134 e. The number of para-hydroxylation sites is 1. The molecule has 0 aliphatic rings. The van der Waals surface area contributed by atoms with E-state index in [1.165, 1.54) is 0 Å². The lowest BCUT2D eigenvalue weighted by Crippen LogP contribution is -2.17. The Bertz CT molecular complexity index is 454. The van der Waals surface area contributed by atoms with E-state index >= 15 is 0 Å². The third-order valence-corrected chi connectivity index (χ3v) is 2.43. The van der Waals surface area contributed by atoms with E-state index in [1.807, 2.05) is 24.3 Å². The number of nitrogens with two attached hydrogens (primary N) is 1. The summed E-state index contributed by atoms with van der Waals surface area (Å²) in [5.74, 6) is 0.883. The lowest BCUT2D eigenvalue weighted by atomic mass is 10.2. The summed E-state index contributed by atoms with van der Waals surface area (Å²) in [6.45, 7) is 2.96. The van der Waals surface area contributed by atoms with Crippen LogP contribution in [-0.4, -0.2) is 11.5 Å². The van der Waals surface area contributed by atoms with Crippen molar-refractivity contribution in [1.29, 1.82) is 0 Å². The van der Waals surface area contributed by atoms with E-state index in [0.717, 1.165) is 23.7 Å². The number of nitrogen functional groups attached to an aromatic ring is 1. The molecule has 0 radical (unpaired) electrons. The van der Waals surface area contributed by atoms with Crippen molar-refractivity contribution in [2.24, 2.45) is 0 Å². The molecule has 1 aromatic heterocycles. The second-order valence-electron chi connectivity index (χ2n) is 3.53.